The number of anilines is 1. The van der Waals surface area contributed by atoms with E-state index < -0.39 is 5.76 Å². The molecular weight excluding hydrogens is 372 g/mol. The molecule has 3 aromatic rings. The quantitative estimate of drug-likeness (QED) is 0.699. The summed E-state index contributed by atoms with van der Waals surface area (Å²) in [5.41, 5.74) is 1.61. The van der Waals surface area contributed by atoms with Crippen LogP contribution in [0.2, 0.25) is 0 Å². The minimum Gasteiger partial charge on any atom is -0.455 e. The number of hydrogen-bond donors (Lipinski definition) is 2. The van der Waals surface area contributed by atoms with Gasteiger partial charge in [-0.25, -0.2) is 14.7 Å². The van der Waals surface area contributed by atoms with Crippen molar-refractivity contribution in [3.8, 4) is 11.5 Å². The summed E-state index contributed by atoms with van der Waals surface area (Å²) < 4.78 is 11.0. The van der Waals surface area contributed by atoms with Gasteiger partial charge >= 0.3 is 11.8 Å². The van der Waals surface area contributed by atoms with Gasteiger partial charge in [-0.05, 0) is 49.6 Å². The second-order valence-corrected chi connectivity index (χ2v) is 7.08. The van der Waals surface area contributed by atoms with E-state index in [1.807, 2.05) is 55.5 Å². The molecule has 2 amide bonds. The Balaban J connectivity index is 1.49. The van der Waals surface area contributed by atoms with Gasteiger partial charge in [0.15, 0.2) is 5.75 Å². The maximum absolute atomic E-state index is 12.9. The van der Waals surface area contributed by atoms with Gasteiger partial charge in [-0.1, -0.05) is 24.3 Å². The zero-order valence-electron chi connectivity index (χ0n) is 16.1. The highest BCUT2D eigenvalue weighted by Gasteiger charge is 2.28. The van der Waals surface area contributed by atoms with Crippen molar-refractivity contribution in [1.82, 2.24) is 15.1 Å². The number of aromatic amines is 1. The number of aromatic nitrogens is 2. The fourth-order valence-electron chi connectivity index (χ4n) is 3.42. The molecular formula is C21H22N4O4. The van der Waals surface area contributed by atoms with Gasteiger partial charge in [0.05, 0.1) is 11.6 Å². The zero-order chi connectivity index (χ0) is 20.2. The fourth-order valence-corrected chi connectivity index (χ4v) is 3.42. The van der Waals surface area contributed by atoms with Crippen LogP contribution in [0.15, 0.2) is 57.7 Å². The van der Waals surface area contributed by atoms with Crippen molar-refractivity contribution in [3.05, 3.63) is 70.5 Å². The molecule has 1 aliphatic rings. The van der Waals surface area contributed by atoms with Crippen molar-refractivity contribution >= 4 is 11.7 Å². The molecule has 0 bridgehead atoms. The van der Waals surface area contributed by atoms with Gasteiger partial charge in [0.1, 0.15) is 5.75 Å². The Kier molecular flexibility index (Phi) is 5.33. The van der Waals surface area contributed by atoms with E-state index in [2.05, 4.69) is 15.5 Å². The normalized spacial score (nSPS) is 16.4. The van der Waals surface area contributed by atoms with Crippen LogP contribution in [-0.4, -0.2) is 34.2 Å². The number of carbonyl (C=O) groups excluding carboxylic acids is 1. The Morgan fingerprint density at radius 2 is 2.10 bits per heavy atom. The van der Waals surface area contributed by atoms with Crippen LogP contribution in [0, 0.1) is 6.92 Å². The monoisotopic (exact) mass is 394 g/mol. The van der Waals surface area contributed by atoms with Crippen LogP contribution in [0.1, 0.15) is 30.2 Å². The minimum atomic E-state index is -0.580. The number of urea groups is 1. The zero-order valence-corrected chi connectivity index (χ0v) is 16.1. The number of nitrogens with one attached hydrogen (secondary N) is 2. The van der Waals surface area contributed by atoms with E-state index in [0.29, 0.717) is 36.2 Å². The number of aryl methyl sites for hydroxylation is 1. The summed E-state index contributed by atoms with van der Waals surface area (Å²) in [6.45, 7) is 3.01. The predicted octanol–water partition coefficient (Wildman–Crippen LogP) is 3.88. The second-order valence-electron chi connectivity index (χ2n) is 7.08. The number of piperidine rings is 1. The van der Waals surface area contributed by atoms with E-state index in [-0.39, 0.29) is 11.9 Å². The summed E-state index contributed by atoms with van der Waals surface area (Å²) in [6, 6.07) is 14.8. The maximum atomic E-state index is 12.9. The van der Waals surface area contributed by atoms with Crippen molar-refractivity contribution in [1.29, 1.82) is 0 Å². The van der Waals surface area contributed by atoms with Crippen molar-refractivity contribution in [2.75, 3.05) is 18.4 Å². The molecule has 0 saturated carbocycles. The van der Waals surface area contributed by atoms with E-state index in [1.54, 1.807) is 4.90 Å². The Bertz CT molecular complexity index is 1040. The first-order valence-corrected chi connectivity index (χ1v) is 9.53. The van der Waals surface area contributed by atoms with Gasteiger partial charge in [-0.3, -0.25) is 0 Å². The third kappa shape index (κ3) is 4.48. The number of nitrogens with zero attached hydrogens (tertiary/aromatic N) is 2. The molecule has 1 aromatic heterocycles. The molecule has 1 fully saturated rings. The van der Waals surface area contributed by atoms with Gasteiger partial charge < -0.3 is 19.4 Å². The lowest BCUT2D eigenvalue weighted by Crippen LogP contribution is -2.41. The average Bonchev–Trinajstić information content (AvgIpc) is 3.17. The Hall–Kier alpha value is -3.55. The summed E-state index contributed by atoms with van der Waals surface area (Å²) in [7, 11) is 0. The first kappa shape index (κ1) is 18.8. The molecule has 4 rings (SSSR count). The Morgan fingerprint density at radius 3 is 2.86 bits per heavy atom. The summed E-state index contributed by atoms with van der Waals surface area (Å²) in [5.74, 6) is 0.923. The van der Waals surface area contributed by atoms with Crippen molar-refractivity contribution in [3.63, 3.8) is 0 Å². The van der Waals surface area contributed by atoms with Crippen LogP contribution in [0.3, 0.4) is 0 Å². The largest absolute Gasteiger partial charge is 0.455 e. The van der Waals surface area contributed by atoms with Crippen molar-refractivity contribution in [2.24, 2.45) is 0 Å². The SMILES string of the molecule is Cc1ccc(Oc2ccccc2)c(NC(=O)N2CCCC(c3n[nH]c(=O)o3)C2)c1. The van der Waals surface area contributed by atoms with E-state index in [4.69, 9.17) is 9.15 Å². The van der Waals surface area contributed by atoms with Crippen LogP contribution in [0.4, 0.5) is 10.5 Å². The van der Waals surface area contributed by atoms with Crippen LogP contribution < -0.4 is 15.8 Å². The maximum Gasteiger partial charge on any atom is 0.434 e. The Morgan fingerprint density at radius 1 is 1.28 bits per heavy atom. The lowest BCUT2D eigenvalue weighted by atomic mass is 9.98. The van der Waals surface area contributed by atoms with Crippen LogP contribution in [0.25, 0.3) is 0 Å². The second kappa shape index (κ2) is 8.22. The molecule has 8 nitrogen and oxygen atoms in total. The van der Waals surface area contributed by atoms with E-state index in [0.717, 1.165) is 18.4 Å². The fraction of sp³-hybridized carbons (Fsp3) is 0.286. The molecule has 1 saturated heterocycles. The first-order chi connectivity index (χ1) is 14.1. The number of amides is 2. The molecule has 2 N–H and O–H groups in total. The van der Waals surface area contributed by atoms with Crippen molar-refractivity contribution in [2.45, 2.75) is 25.7 Å². The van der Waals surface area contributed by atoms with Crippen LogP contribution in [0.5, 0.6) is 11.5 Å². The average molecular weight is 394 g/mol. The van der Waals surface area contributed by atoms with Gasteiger partial charge in [0, 0.05) is 13.1 Å². The number of carbonyl (C=O) groups is 1. The molecule has 150 valence electrons. The number of likely N-dealkylation sites (tertiary alicyclic amines) is 1. The van der Waals surface area contributed by atoms with E-state index >= 15 is 0 Å². The van der Waals surface area contributed by atoms with Crippen molar-refractivity contribution < 1.29 is 13.9 Å². The molecule has 2 heterocycles. The van der Waals surface area contributed by atoms with Gasteiger partial charge in [0.25, 0.3) is 0 Å². The lowest BCUT2D eigenvalue weighted by Gasteiger charge is -2.31. The summed E-state index contributed by atoms with van der Waals surface area (Å²) in [4.78, 5) is 25.8. The third-order valence-corrected chi connectivity index (χ3v) is 4.86. The molecule has 0 radical (unpaired) electrons. The molecule has 1 atom stereocenters. The summed E-state index contributed by atoms with van der Waals surface area (Å²) in [5, 5.41) is 9.15. The number of H-pyrrole nitrogens is 1. The van der Waals surface area contributed by atoms with E-state index in [9.17, 15) is 9.59 Å². The first-order valence-electron chi connectivity index (χ1n) is 9.53. The molecule has 1 unspecified atom stereocenters. The summed E-state index contributed by atoms with van der Waals surface area (Å²) in [6.07, 6.45) is 1.61. The summed E-state index contributed by atoms with van der Waals surface area (Å²) >= 11 is 0. The van der Waals surface area contributed by atoms with Crippen LogP contribution >= 0.6 is 0 Å². The predicted molar refractivity (Wildman–Crippen MR) is 107 cm³/mol. The number of hydrogen-bond acceptors (Lipinski definition) is 5. The number of benzene rings is 2. The standard InChI is InChI=1S/C21H22N4O4/c1-14-9-10-18(28-16-7-3-2-4-8-16)17(12-14)22-20(26)25-11-5-6-15(13-25)19-23-24-21(27)29-19/h2-4,7-10,12,15H,5-6,11,13H2,1H3,(H,22,26)(H,24,27). The van der Waals surface area contributed by atoms with E-state index in [1.165, 1.54) is 0 Å². The molecule has 29 heavy (non-hydrogen) atoms. The molecule has 0 spiro atoms. The third-order valence-electron chi connectivity index (χ3n) is 4.86. The van der Waals surface area contributed by atoms with Gasteiger partial charge in [-0.2, -0.15) is 0 Å². The number of rotatable bonds is 4. The smallest absolute Gasteiger partial charge is 0.434 e. The molecule has 0 aliphatic carbocycles. The number of para-hydroxylation sites is 1. The van der Waals surface area contributed by atoms with Gasteiger partial charge in [0.2, 0.25) is 5.89 Å². The highest BCUT2D eigenvalue weighted by Crippen LogP contribution is 2.31. The van der Waals surface area contributed by atoms with Gasteiger partial charge in [-0.15, -0.1) is 5.10 Å². The topological polar surface area (TPSA) is 100 Å². The molecule has 2 aromatic carbocycles. The molecule has 1 aliphatic heterocycles. The number of ether oxygens (including phenoxy) is 1. The Labute approximate surface area is 167 Å². The molecule has 8 heteroatoms. The van der Waals surface area contributed by atoms with Crippen LogP contribution in [-0.2, 0) is 0 Å². The lowest BCUT2D eigenvalue weighted by molar-refractivity contribution is 0.186. The minimum absolute atomic E-state index is 0.106. The highest BCUT2D eigenvalue weighted by atomic mass is 16.5. The highest BCUT2D eigenvalue weighted by molar-refractivity contribution is 5.91.